The van der Waals surface area contributed by atoms with Gasteiger partial charge in [-0.1, -0.05) is 66.7 Å². The summed E-state index contributed by atoms with van der Waals surface area (Å²) in [5.41, 5.74) is 2.92. The Bertz CT molecular complexity index is 1310. The zero-order valence-corrected chi connectivity index (χ0v) is 16.9. The number of aromatic nitrogens is 1. The topological polar surface area (TPSA) is 66.7 Å². The van der Waals surface area contributed by atoms with Crippen LogP contribution < -0.4 is 5.32 Å². The van der Waals surface area contributed by atoms with E-state index < -0.39 is 6.04 Å². The standard InChI is InChI=1S/C25H20N4O2/c1-28-16-20(19-14-8-9-15-21(19)28)22-24(30)26-23(17-10-4-2-5-11-17)27-29(22)25(31)18-12-6-3-7-13-18/h2-16,22H,1H3,(H,26,27,30)/t22-/m0/s1. The molecule has 1 N–H and O–H groups in total. The number of carbonyl (C=O) groups is 2. The largest absolute Gasteiger partial charge is 0.350 e. The Morgan fingerprint density at radius 2 is 1.55 bits per heavy atom. The molecule has 0 aliphatic carbocycles. The van der Waals surface area contributed by atoms with Gasteiger partial charge in [0.05, 0.1) is 0 Å². The van der Waals surface area contributed by atoms with Gasteiger partial charge in [-0.15, -0.1) is 5.10 Å². The molecule has 2 heterocycles. The molecule has 0 saturated carbocycles. The van der Waals surface area contributed by atoms with Gasteiger partial charge in [0.25, 0.3) is 11.8 Å². The van der Waals surface area contributed by atoms with Crippen LogP contribution in [0.1, 0.15) is 27.5 Å². The van der Waals surface area contributed by atoms with Crippen LogP contribution in [0.5, 0.6) is 0 Å². The number of rotatable bonds is 3. The van der Waals surface area contributed by atoms with Gasteiger partial charge in [0.15, 0.2) is 11.9 Å². The van der Waals surface area contributed by atoms with E-state index in [1.54, 1.807) is 24.3 Å². The van der Waals surface area contributed by atoms with E-state index in [0.29, 0.717) is 11.4 Å². The number of hydrazone groups is 1. The Labute approximate surface area is 179 Å². The van der Waals surface area contributed by atoms with Crippen molar-refractivity contribution in [3.05, 3.63) is 108 Å². The van der Waals surface area contributed by atoms with Crippen LogP contribution in [0.4, 0.5) is 0 Å². The van der Waals surface area contributed by atoms with Crippen LogP contribution in [-0.4, -0.2) is 27.2 Å². The number of hydrogen-bond donors (Lipinski definition) is 1. The lowest BCUT2D eigenvalue weighted by Gasteiger charge is -2.31. The molecule has 1 aromatic heterocycles. The average molecular weight is 408 g/mol. The molecule has 2 amide bonds. The van der Waals surface area contributed by atoms with Gasteiger partial charge >= 0.3 is 0 Å². The molecule has 6 nitrogen and oxygen atoms in total. The first-order chi connectivity index (χ1) is 15.1. The number of hydrogen-bond acceptors (Lipinski definition) is 3. The lowest BCUT2D eigenvalue weighted by atomic mass is 10.0. The number of nitrogens with zero attached hydrogens (tertiary/aromatic N) is 3. The van der Waals surface area contributed by atoms with Crippen molar-refractivity contribution in [1.29, 1.82) is 0 Å². The predicted octanol–water partition coefficient (Wildman–Crippen LogP) is 3.85. The van der Waals surface area contributed by atoms with Gasteiger partial charge in [-0.05, 0) is 18.2 Å². The normalized spacial score (nSPS) is 16.2. The minimum absolute atomic E-state index is 0.297. The lowest BCUT2D eigenvalue weighted by Crippen LogP contribution is -2.49. The fourth-order valence-corrected chi connectivity index (χ4v) is 3.95. The van der Waals surface area contributed by atoms with Crippen LogP contribution in [0.3, 0.4) is 0 Å². The first-order valence-electron chi connectivity index (χ1n) is 10.0. The molecule has 0 saturated heterocycles. The smallest absolute Gasteiger partial charge is 0.275 e. The minimum Gasteiger partial charge on any atom is -0.350 e. The average Bonchev–Trinajstić information content (AvgIpc) is 3.15. The SMILES string of the molecule is Cn1cc([C@H]2C(=O)NC(c3ccccc3)=NN2C(=O)c2ccccc2)c2ccccc21. The first-order valence-corrected chi connectivity index (χ1v) is 10.0. The van der Waals surface area contributed by atoms with E-state index in [2.05, 4.69) is 10.4 Å². The molecule has 0 fully saturated rings. The highest BCUT2D eigenvalue weighted by Gasteiger charge is 2.38. The Morgan fingerprint density at radius 1 is 0.903 bits per heavy atom. The Kier molecular flexibility index (Phi) is 4.59. The number of amidine groups is 1. The molecule has 4 aromatic rings. The van der Waals surface area contributed by atoms with Gasteiger partial charge in [0.1, 0.15) is 0 Å². The van der Waals surface area contributed by atoms with Gasteiger partial charge in [0, 0.05) is 40.8 Å². The van der Waals surface area contributed by atoms with Crippen LogP contribution in [0.25, 0.3) is 10.9 Å². The van der Waals surface area contributed by atoms with Crippen molar-refractivity contribution in [2.24, 2.45) is 12.1 Å². The molecule has 6 heteroatoms. The van der Waals surface area contributed by atoms with Gasteiger partial charge in [-0.2, -0.15) is 0 Å². The Hall–Kier alpha value is -4.19. The first kappa shape index (κ1) is 18.8. The summed E-state index contributed by atoms with van der Waals surface area (Å²) < 4.78 is 1.96. The predicted molar refractivity (Wildman–Crippen MR) is 119 cm³/mol. The molecule has 0 unspecified atom stereocenters. The lowest BCUT2D eigenvalue weighted by molar-refractivity contribution is -0.125. The van der Waals surface area contributed by atoms with E-state index in [9.17, 15) is 9.59 Å². The van der Waals surface area contributed by atoms with Crippen molar-refractivity contribution >= 4 is 28.6 Å². The third kappa shape index (κ3) is 3.28. The highest BCUT2D eigenvalue weighted by molar-refractivity contribution is 6.13. The van der Waals surface area contributed by atoms with Crippen molar-refractivity contribution in [3.63, 3.8) is 0 Å². The molecule has 31 heavy (non-hydrogen) atoms. The van der Waals surface area contributed by atoms with E-state index in [-0.39, 0.29) is 11.8 Å². The van der Waals surface area contributed by atoms with Crippen LogP contribution in [0, 0.1) is 0 Å². The van der Waals surface area contributed by atoms with Crippen molar-refractivity contribution in [1.82, 2.24) is 14.9 Å². The maximum absolute atomic E-state index is 13.5. The van der Waals surface area contributed by atoms with E-state index in [4.69, 9.17) is 0 Å². The molecular formula is C25H20N4O2. The number of carbonyl (C=O) groups excluding carboxylic acids is 2. The monoisotopic (exact) mass is 408 g/mol. The number of aryl methyl sites for hydroxylation is 1. The number of amides is 2. The van der Waals surface area contributed by atoms with Gasteiger partial charge in [0.2, 0.25) is 0 Å². The highest BCUT2D eigenvalue weighted by Crippen LogP contribution is 2.33. The fourth-order valence-electron chi connectivity index (χ4n) is 3.95. The minimum atomic E-state index is -0.883. The van der Waals surface area contributed by atoms with Gasteiger partial charge in [-0.3, -0.25) is 9.59 Å². The van der Waals surface area contributed by atoms with Crippen molar-refractivity contribution in [3.8, 4) is 0 Å². The molecule has 152 valence electrons. The second-order valence-electron chi connectivity index (χ2n) is 7.43. The van der Waals surface area contributed by atoms with Gasteiger partial charge < -0.3 is 9.88 Å². The summed E-state index contributed by atoms with van der Waals surface area (Å²) in [7, 11) is 1.93. The van der Waals surface area contributed by atoms with E-state index in [1.807, 2.05) is 78.5 Å². The summed E-state index contributed by atoms with van der Waals surface area (Å²) in [5.74, 6) is -0.275. The molecule has 1 aliphatic rings. The van der Waals surface area contributed by atoms with Crippen molar-refractivity contribution in [2.45, 2.75) is 6.04 Å². The van der Waals surface area contributed by atoms with Crippen molar-refractivity contribution in [2.75, 3.05) is 0 Å². The third-order valence-corrected chi connectivity index (χ3v) is 5.44. The van der Waals surface area contributed by atoms with E-state index in [0.717, 1.165) is 22.0 Å². The van der Waals surface area contributed by atoms with E-state index >= 15 is 0 Å². The van der Waals surface area contributed by atoms with Gasteiger partial charge in [-0.25, -0.2) is 5.01 Å². The molecular weight excluding hydrogens is 388 g/mol. The molecule has 5 rings (SSSR count). The number of benzene rings is 3. The summed E-state index contributed by atoms with van der Waals surface area (Å²) in [6.45, 7) is 0. The molecule has 0 bridgehead atoms. The maximum atomic E-state index is 13.5. The second kappa shape index (κ2) is 7.57. The number of para-hydroxylation sites is 1. The van der Waals surface area contributed by atoms with Crippen LogP contribution >= 0.6 is 0 Å². The molecule has 3 aromatic carbocycles. The molecule has 0 spiro atoms. The van der Waals surface area contributed by atoms with Crippen LogP contribution in [-0.2, 0) is 11.8 Å². The second-order valence-corrected chi connectivity index (χ2v) is 7.43. The summed E-state index contributed by atoms with van der Waals surface area (Å²) in [6.07, 6.45) is 1.89. The summed E-state index contributed by atoms with van der Waals surface area (Å²) in [5, 5.41) is 9.73. The Morgan fingerprint density at radius 3 is 2.29 bits per heavy atom. The van der Waals surface area contributed by atoms with E-state index in [1.165, 1.54) is 5.01 Å². The quantitative estimate of drug-likeness (QED) is 0.560. The fraction of sp³-hybridized carbons (Fsp3) is 0.0800. The zero-order chi connectivity index (χ0) is 21.4. The zero-order valence-electron chi connectivity index (χ0n) is 16.9. The summed E-state index contributed by atoms with van der Waals surface area (Å²) in [4.78, 5) is 26.9. The molecule has 0 radical (unpaired) electrons. The summed E-state index contributed by atoms with van der Waals surface area (Å²) in [6, 6.07) is 25.2. The molecule has 1 aliphatic heterocycles. The van der Waals surface area contributed by atoms with Crippen molar-refractivity contribution < 1.29 is 9.59 Å². The summed E-state index contributed by atoms with van der Waals surface area (Å²) >= 11 is 0. The van der Waals surface area contributed by atoms with Crippen LogP contribution in [0.15, 0.2) is 96.2 Å². The maximum Gasteiger partial charge on any atom is 0.275 e. The Balaban J connectivity index is 1.68. The highest BCUT2D eigenvalue weighted by atomic mass is 16.2. The molecule has 1 atom stereocenters. The number of nitrogens with one attached hydrogen (secondary N) is 1. The van der Waals surface area contributed by atoms with Crippen LogP contribution in [0.2, 0.25) is 0 Å². The number of fused-ring (bicyclic) bond motifs is 1. The third-order valence-electron chi connectivity index (χ3n) is 5.44.